The first-order chi connectivity index (χ1) is 8.89. The molecule has 0 aliphatic carbocycles. The third-order valence-corrected chi connectivity index (χ3v) is 5.57. The molecule has 0 spiro atoms. The molecule has 1 fully saturated rings. The van der Waals surface area contributed by atoms with Crippen LogP contribution in [0, 0.1) is 12.8 Å². The first-order valence-electron chi connectivity index (χ1n) is 7.20. The van der Waals surface area contributed by atoms with Crippen molar-refractivity contribution in [3.63, 3.8) is 0 Å². The van der Waals surface area contributed by atoms with Gasteiger partial charge in [0.25, 0.3) is 0 Å². The van der Waals surface area contributed by atoms with Gasteiger partial charge in [-0.1, -0.05) is 0 Å². The summed E-state index contributed by atoms with van der Waals surface area (Å²) < 4.78 is 0. The molecule has 2 heterocycles. The Morgan fingerprint density at radius 2 is 2.26 bits per heavy atom. The van der Waals surface area contributed by atoms with Gasteiger partial charge in [-0.2, -0.15) is 0 Å². The van der Waals surface area contributed by atoms with Crippen LogP contribution in [0.5, 0.6) is 0 Å². The van der Waals surface area contributed by atoms with E-state index in [0.717, 1.165) is 18.9 Å². The molecule has 0 unspecified atom stereocenters. The largest absolute Gasteiger partial charge is 0.306 e. The summed E-state index contributed by atoms with van der Waals surface area (Å²) in [6, 6.07) is 0. The highest BCUT2D eigenvalue weighted by Gasteiger charge is 2.39. The highest BCUT2D eigenvalue weighted by atomic mass is 32.1. The summed E-state index contributed by atoms with van der Waals surface area (Å²) in [6.45, 7) is 10.4. The lowest BCUT2D eigenvalue weighted by atomic mass is 9.88. The number of thiazole rings is 1. The topological polar surface area (TPSA) is 19.4 Å². The minimum Gasteiger partial charge on any atom is -0.306 e. The van der Waals surface area contributed by atoms with E-state index < -0.39 is 0 Å². The number of likely N-dealkylation sites (tertiary alicyclic amines) is 1. The van der Waals surface area contributed by atoms with Crippen LogP contribution >= 0.6 is 11.3 Å². The third kappa shape index (κ3) is 3.56. The van der Waals surface area contributed by atoms with Gasteiger partial charge in [0, 0.05) is 30.4 Å². The number of aromatic nitrogens is 1. The molecule has 1 aromatic rings. The third-order valence-electron chi connectivity index (χ3n) is 4.74. The highest BCUT2D eigenvalue weighted by Crippen LogP contribution is 2.33. The summed E-state index contributed by atoms with van der Waals surface area (Å²) in [7, 11) is 4.49. The van der Waals surface area contributed by atoms with E-state index in [1.807, 2.05) is 0 Å². The van der Waals surface area contributed by atoms with Crippen molar-refractivity contribution in [2.75, 3.05) is 33.7 Å². The first kappa shape index (κ1) is 14.9. The summed E-state index contributed by atoms with van der Waals surface area (Å²) in [6.07, 6.45) is 2.40. The van der Waals surface area contributed by atoms with Gasteiger partial charge in [-0.25, -0.2) is 4.98 Å². The zero-order valence-electron chi connectivity index (χ0n) is 12.9. The second-order valence-electron chi connectivity index (χ2n) is 6.43. The number of hydrogen-bond acceptors (Lipinski definition) is 4. The molecule has 1 atom stereocenters. The lowest BCUT2D eigenvalue weighted by Crippen LogP contribution is -2.43. The second kappa shape index (κ2) is 5.90. The molecular formula is C15H27N3S. The van der Waals surface area contributed by atoms with Crippen LogP contribution in [0.3, 0.4) is 0 Å². The average molecular weight is 281 g/mol. The van der Waals surface area contributed by atoms with Gasteiger partial charge >= 0.3 is 0 Å². The molecule has 1 aliphatic rings. The number of rotatable bonds is 5. The fraction of sp³-hybridized carbons (Fsp3) is 0.800. The van der Waals surface area contributed by atoms with Crippen LogP contribution in [0.2, 0.25) is 0 Å². The standard InChI is InChI=1S/C15H27N3S/c1-12-16-14(11-19-12)7-8-17(4)10-13-6-9-18(5)15(13,2)3/h11,13H,6-10H2,1-5H3/t13-/m1/s1. The van der Waals surface area contributed by atoms with E-state index >= 15 is 0 Å². The molecule has 0 amide bonds. The molecule has 3 nitrogen and oxygen atoms in total. The van der Waals surface area contributed by atoms with Crippen molar-refractivity contribution < 1.29 is 0 Å². The van der Waals surface area contributed by atoms with E-state index in [0.29, 0.717) is 5.54 Å². The number of likely N-dealkylation sites (N-methyl/N-ethyl adjacent to an activating group) is 1. The smallest absolute Gasteiger partial charge is 0.0897 e. The van der Waals surface area contributed by atoms with Gasteiger partial charge in [0.15, 0.2) is 0 Å². The van der Waals surface area contributed by atoms with Gasteiger partial charge in [0.2, 0.25) is 0 Å². The minimum absolute atomic E-state index is 0.339. The Balaban J connectivity index is 1.80. The van der Waals surface area contributed by atoms with Crippen molar-refractivity contribution in [3.05, 3.63) is 16.1 Å². The van der Waals surface area contributed by atoms with E-state index in [2.05, 4.69) is 55.0 Å². The Morgan fingerprint density at radius 3 is 2.79 bits per heavy atom. The van der Waals surface area contributed by atoms with E-state index in [1.165, 1.54) is 30.2 Å². The van der Waals surface area contributed by atoms with Crippen molar-refractivity contribution >= 4 is 11.3 Å². The molecule has 0 N–H and O–H groups in total. The van der Waals surface area contributed by atoms with Crippen molar-refractivity contribution in [2.45, 2.75) is 39.2 Å². The van der Waals surface area contributed by atoms with Crippen LogP contribution in [-0.4, -0.2) is 54.1 Å². The van der Waals surface area contributed by atoms with Crippen LogP contribution in [0.15, 0.2) is 5.38 Å². The Kier molecular flexibility index (Phi) is 4.64. The predicted molar refractivity (Wildman–Crippen MR) is 82.9 cm³/mol. The molecule has 4 heteroatoms. The van der Waals surface area contributed by atoms with Crippen molar-refractivity contribution in [2.24, 2.45) is 5.92 Å². The maximum absolute atomic E-state index is 4.54. The van der Waals surface area contributed by atoms with Gasteiger partial charge in [0.05, 0.1) is 10.7 Å². The fourth-order valence-electron chi connectivity index (χ4n) is 2.91. The second-order valence-corrected chi connectivity index (χ2v) is 7.49. The van der Waals surface area contributed by atoms with E-state index in [4.69, 9.17) is 0 Å². The van der Waals surface area contributed by atoms with Gasteiger partial charge in [-0.15, -0.1) is 11.3 Å². The van der Waals surface area contributed by atoms with Crippen molar-refractivity contribution in [1.82, 2.24) is 14.8 Å². The zero-order valence-corrected chi connectivity index (χ0v) is 13.8. The van der Waals surface area contributed by atoms with E-state index in [-0.39, 0.29) is 0 Å². The van der Waals surface area contributed by atoms with Crippen LogP contribution < -0.4 is 0 Å². The maximum Gasteiger partial charge on any atom is 0.0897 e. The molecule has 0 radical (unpaired) electrons. The zero-order chi connectivity index (χ0) is 14.0. The summed E-state index contributed by atoms with van der Waals surface area (Å²) in [4.78, 5) is 9.51. The fourth-order valence-corrected chi connectivity index (χ4v) is 3.56. The molecule has 19 heavy (non-hydrogen) atoms. The lowest BCUT2D eigenvalue weighted by Gasteiger charge is -2.35. The minimum atomic E-state index is 0.339. The number of hydrogen-bond donors (Lipinski definition) is 0. The predicted octanol–water partition coefficient (Wildman–Crippen LogP) is 2.66. The Hall–Kier alpha value is -0.450. The van der Waals surface area contributed by atoms with Crippen LogP contribution in [0.25, 0.3) is 0 Å². The van der Waals surface area contributed by atoms with E-state index in [1.54, 1.807) is 11.3 Å². The van der Waals surface area contributed by atoms with Gasteiger partial charge in [0.1, 0.15) is 0 Å². The first-order valence-corrected chi connectivity index (χ1v) is 8.08. The number of nitrogens with zero attached hydrogens (tertiary/aromatic N) is 3. The Labute approximate surface area is 121 Å². The normalized spacial score (nSPS) is 23.4. The van der Waals surface area contributed by atoms with Gasteiger partial charge < -0.3 is 9.80 Å². The Morgan fingerprint density at radius 1 is 1.53 bits per heavy atom. The molecule has 108 valence electrons. The van der Waals surface area contributed by atoms with Crippen molar-refractivity contribution in [3.8, 4) is 0 Å². The maximum atomic E-state index is 4.54. The molecule has 1 saturated heterocycles. The molecule has 0 saturated carbocycles. The summed E-state index contributed by atoms with van der Waals surface area (Å²) >= 11 is 1.75. The molecule has 1 aliphatic heterocycles. The van der Waals surface area contributed by atoms with Crippen molar-refractivity contribution in [1.29, 1.82) is 0 Å². The molecule has 1 aromatic heterocycles. The van der Waals surface area contributed by atoms with Gasteiger partial charge in [-0.3, -0.25) is 0 Å². The summed E-state index contributed by atoms with van der Waals surface area (Å²) in [5, 5.41) is 3.37. The molecule has 0 bridgehead atoms. The highest BCUT2D eigenvalue weighted by molar-refractivity contribution is 7.09. The average Bonchev–Trinajstić information content (AvgIpc) is 2.86. The van der Waals surface area contributed by atoms with Gasteiger partial charge in [-0.05, 0) is 53.8 Å². The Bertz CT molecular complexity index is 413. The quantitative estimate of drug-likeness (QED) is 0.827. The molecule has 2 rings (SSSR count). The summed E-state index contributed by atoms with van der Waals surface area (Å²) in [5.41, 5.74) is 1.59. The van der Waals surface area contributed by atoms with Crippen LogP contribution in [-0.2, 0) is 6.42 Å². The molecular weight excluding hydrogens is 254 g/mol. The number of aryl methyl sites for hydroxylation is 1. The molecule has 0 aromatic carbocycles. The SMILES string of the molecule is Cc1nc(CCN(C)C[C@H]2CCN(C)C2(C)C)cs1. The van der Waals surface area contributed by atoms with E-state index in [9.17, 15) is 0 Å². The summed E-state index contributed by atoms with van der Waals surface area (Å²) in [5.74, 6) is 0.777. The monoisotopic (exact) mass is 281 g/mol. The van der Waals surface area contributed by atoms with Crippen LogP contribution in [0.4, 0.5) is 0 Å². The van der Waals surface area contributed by atoms with Crippen LogP contribution in [0.1, 0.15) is 31.0 Å². The lowest BCUT2D eigenvalue weighted by molar-refractivity contribution is 0.143.